The first-order chi connectivity index (χ1) is 10.7. The van der Waals surface area contributed by atoms with Crippen LogP contribution in [0.25, 0.3) is 0 Å². The summed E-state index contributed by atoms with van der Waals surface area (Å²) >= 11 is 1.63. The molecule has 0 saturated heterocycles. The van der Waals surface area contributed by atoms with Crippen molar-refractivity contribution in [1.82, 2.24) is 0 Å². The third-order valence-electron chi connectivity index (χ3n) is 4.55. The van der Waals surface area contributed by atoms with Crippen molar-refractivity contribution in [1.29, 1.82) is 0 Å². The monoisotopic (exact) mass is 348 g/mol. The van der Waals surface area contributed by atoms with Crippen LogP contribution in [0, 0.1) is 27.7 Å². The number of hydrogen-bond donors (Lipinski definition) is 2. The average molecular weight is 349 g/mol. The Morgan fingerprint density at radius 1 is 0.652 bits per heavy atom. The minimum absolute atomic E-state index is 0.150. The van der Waals surface area contributed by atoms with Crippen LogP contribution in [-0.4, -0.2) is 9.11 Å². The van der Waals surface area contributed by atoms with Crippen LogP contribution < -0.4 is 0 Å². The van der Waals surface area contributed by atoms with E-state index in [0.717, 1.165) is 56.1 Å². The Bertz CT molecular complexity index is 629. The fraction of sp³-hybridized carbons (Fsp3) is 0.368. The Hall–Kier alpha value is -0.940. The molecule has 0 aliphatic carbocycles. The van der Waals surface area contributed by atoms with Gasteiger partial charge >= 0.3 is 0 Å². The molecular formula is C19H24O2S2. The first-order valence-electron chi connectivity index (χ1n) is 7.58. The van der Waals surface area contributed by atoms with E-state index in [1.165, 1.54) is 11.1 Å². The lowest BCUT2D eigenvalue weighted by Gasteiger charge is -2.29. The van der Waals surface area contributed by atoms with Gasteiger partial charge in [0.2, 0.25) is 0 Å². The van der Waals surface area contributed by atoms with Gasteiger partial charge in [0.1, 0.15) is 0 Å². The fourth-order valence-electron chi connectivity index (χ4n) is 3.08. The van der Waals surface area contributed by atoms with Gasteiger partial charge in [0.25, 0.3) is 0 Å². The molecule has 0 aliphatic heterocycles. The molecule has 0 amide bonds. The summed E-state index contributed by atoms with van der Waals surface area (Å²) in [5.41, 5.74) is 6.69. The second-order valence-electron chi connectivity index (χ2n) is 6.69. The predicted octanol–water partition coefficient (Wildman–Crippen LogP) is 6.38. The summed E-state index contributed by atoms with van der Waals surface area (Å²) in [6, 6.07) is 8.63. The quantitative estimate of drug-likeness (QED) is 0.629. The first-order valence-corrected chi connectivity index (χ1v) is 9.13. The normalized spacial score (nSPS) is 11.8. The summed E-state index contributed by atoms with van der Waals surface area (Å²) in [5.74, 6) is 0. The molecule has 2 rings (SSSR count). The van der Waals surface area contributed by atoms with Crippen molar-refractivity contribution in [3.05, 3.63) is 57.6 Å². The second kappa shape index (κ2) is 6.89. The van der Waals surface area contributed by atoms with E-state index in [0.29, 0.717) is 0 Å². The Morgan fingerprint density at radius 3 is 1.13 bits per heavy atom. The van der Waals surface area contributed by atoms with Crippen LogP contribution in [0.3, 0.4) is 0 Å². The SMILES string of the molecule is Cc1cc(C(C)(C)c2cc(C)c(SO)c(C)c2)cc(C)c1SO. The smallest absolute Gasteiger partial charge is 0.0409 e. The largest absolute Gasteiger partial charge is 0.325 e. The Morgan fingerprint density at radius 2 is 0.913 bits per heavy atom. The minimum atomic E-state index is -0.150. The molecule has 2 N–H and O–H groups in total. The minimum Gasteiger partial charge on any atom is -0.325 e. The summed E-state index contributed by atoms with van der Waals surface area (Å²) < 4.78 is 18.9. The molecular weight excluding hydrogens is 324 g/mol. The number of rotatable bonds is 4. The maximum atomic E-state index is 9.43. The molecule has 2 nitrogen and oxygen atoms in total. The van der Waals surface area contributed by atoms with Crippen molar-refractivity contribution in [3.63, 3.8) is 0 Å². The van der Waals surface area contributed by atoms with Crippen molar-refractivity contribution in [2.24, 2.45) is 0 Å². The van der Waals surface area contributed by atoms with Crippen molar-refractivity contribution < 1.29 is 9.11 Å². The molecule has 0 atom stereocenters. The second-order valence-corrected chi connectivity index (χ2v) is 7.87. The average Bonchev–Trinajstić information content (AvgIpc) is 2.46. The summed E-state index contributed by atoms with van der Waals surface area (Å²) in [7, 11) is 0. The molecule has 0 aliphatic rings. The zero-order valence-corrected chi connectivity index (χ0v) is 16.2. The summed E-state index contributed by atoms with van der Waals surface area (Å²) in [4.78, 5) is 1.87. The van der Waals surface area contributed by atoms with Gasteiger partial charge in [0.05, 0.1) is 0 Å². The number of benzene rings is 2. The van der Waals surface area contributed by atoms with Gasteiger partial charge in [-0.15, -0.1) is 0 Å². The number of aryl methyl sites for hydroxylation is 4. The molecule has 23 heavy (non-hydrogen) atoms. The van der Waals surface area contributed by atoms with E-state index in [1.54, 1.807) is 0 Å². The molecule has 2 aromatic carbocycles. The molecule has 2 aromatic rings. The molecule has 0 fully saturated rings. The van der Waals surface area contributed by atoms with Gasteiger partial charge in [-0.2, -0.15) is 0 Å². The standard InChI is InChI=1S/C19H24O2S2/c1-11-7-15(8-12(2)17(11)22-20)19(5,6)16-9-13(3)18(23-21)14(4)10-16/h7-10,20-21H,1-6H3. The van der Waals surface area contributed by atoms with E-state index in [-0.39, 0.29) is 5.41 Å². The van der Waals surface area contributed by atoms with Gasteiger partial charge in [-0.05, 0) is 61.1 Å². The van der Waals surface area contributed by atoms with Gasteiger partial charge in [0.15, 0.2) is 0 Å². The molecule has 124 valence electrons. The lowest BCUT2D eigenvalue weighted by atomic mass is 9.76. The van der Waals surface area contributed by atoms with E-state index in [2.05, 4.69) is 38.1 Å². The maximum absolute atomic E-state index is 9.43. The van der Waals surface area contributed by atoms with E-state index < -0.39 is 0 Å². The fourth-order valence-corrected chi connectivity index (χ4v) is 3.89. The van der Waals surface area contributed by atoms with Gasteiger partial charge in [0, 0.05) is 39.3 Å². The molecule has 0 unspecified atom stereocenters. The molecule has 0 aromatic heterocycles. The van der Waals surface area contributed by atoms with Crippen LogP contribution >= 0.6 is 24.1 Å². The van der Waals surface area contributed by atoms with Crippen molar-refractivity contribution in [2.45, 2.75) is 56.7 Å². The van der Waals surface area contributed by atoms with Crippen molar-refractivity contribution in [2.75, 3.05) is 0 Å². The maximum Gasteiger partial charge on any atom is 0.0409 e. The highest BCUT2D eigenvalue weighted by Crippen LogP contribution is 2.38. The molecule has 0 spiro atoms. The van der Waals surface area contributed by atoms with Crippen molar-refractivity contribution in [3.8, 4) is 0 Å². The highest BCUT2D eigenvalue weighted by Gasteiger charge is 2.26. The number of hydrogen-bond acceptors (Lipinski definition) is 4. The van der Waals surface area contributed by atoms with Gasteiger partial charge < -0.3 is 9.11 Å². The van der Waals surface area contributed by atoms with Crippen LogP contribution in [0.4, 0.5) is 0 Å². The Balaban J connectivity index is 2.59. The zero-order valence-electron chi connectivity index (χ0n) is 14.5. The van der Waals surface area contributed by atoms with Gasteiger partial charge in [-0.25, -0.2) is 0 Å². The van der Waals surface area contributed by atoms with Crippen molar-refractivity contribution >= 4 is 24.1 Å². The van der Waals surface area contributed by atoms with Crippen LogP contribution in [0.5, 0.6) is 0 Å². The van der Waals surface area contributed by atoms with E-state index >= 15 is 0 Å². The van der Waals surface area contributed by atoms with E-state index in [1.807, 2.05) is 27.7 Å². The van der Waals surface area contributed by atoms with Crippen LogP contribution in [0.1, 0.15) is 47.2 Å². The molecule has 0 heterocycles. The van der Waals surface area contributed by atoms with E-state index in [4.69, 9.17) is 0 Å². The first kappa shape index (κ1) is 18.4. The van der Waals surface area contributed by atoms with Crippen LogP contribution in [0.2, 0.25) is 0 Å². The lowest BCUT2D eigenvalue weighted by molar-refractivity contribution is 0.633. The Labute approximate surface area is 147 Å². The summed E-state index contributed by atoms with van der Waals surface area (Å²) in [6.07, 6.45) is 0. The lowest BCUT2D eigenvalue weighted by Crippen LogP contribution is -2.20. The van der Waals surface area contributed by atoms with Gasteiger partial charge in [-0.1, -0.05) is 38.1 Å². The van der Waals surface area contributed by atoms with Crippen LogP contribution in [-0.2, 0) is 5.41 Å². The van der Waals surface area contributed by atoms with E-state index in [9.17, 15) is 9.11 Å². The molecule has 0 radical (unpaired) electrons. The van der Waals surface area contributed by atoms with Crippen LogP contribution in [0.15, 0.2) is 34.1 Å². The highest BCUT2D eigenvalue weighted by molar-refractivity contribution is 7.94. The summed E-state index contributed by atoms with van der Waals surface area (Å²) in [5, 5.41) is 0. The highest BCUT2D eigenvalue weighted by atomic mass is 32.2. The van der Waals surface area contributed by atoms with Gasteiger partial charge in [-0.3, -0.25) is 0 Å². The molecule has 0 bridgehead atoms. The molecule has 0 saturated carbocycles. The third-order valence-corrected chi connectivity index (χ3v) is 6.20. The predicted molar refractivity (Wildman–Crippen MR) is 101 cm³/mol. The third kappa shape index (κ3) is 3.45. The summed E-state index contributed by atoms with van der Waals surface area (Å²) in [6.45, 7) is 12.6. The zero-order chi connectivity index (χ0) is 17.4. The Kier molecular flexibility index (Phi) is 5.52. The topological polar surface area (TPSA) is 40.5 Å². The molecule has 4 heteroatoms.